The van der Waals surface area contributed by atoms with Crippen LogP contribution >= 0.6 is 0 Å². The highest BCUT2D eigenvalue weighted by atomic mass is 16.5. The highest BCUT2D eigenvalue weighted by Gasteiger charge is 2.25. The van der Waals surface area contributed by atoms with Crippen LogP contribution < -0.4 is 5.43 Å². The Morgan fingerprint density at radius 2 is 1.75 bits per heavy atom. The molecule has 0 atom stereocenters. The fraction of sp³-hybridized carbons (Fsp3) is 0.214. The van der Waals surface area contributed by atoms with Crippen LogP contribution in [0.25, 0.3) is 10.9 Å². The lowest BCUT2D eigenvalue weighted by Gasteiger charge is -2.09. The molecule has 0 saturated carbocycles. The Balaban J connectivity index is 2.95. The summed E-state index contributed by atoms with van der Waals surface area (Å²) in [5.74, 6) is -1.68. The molecule has 0 spiro atoms. The molecule has 1 heterocycles. The molecule has 0 amide bonds. The van der Waals surface area contributed by atoms with Gasteiger partial charge in [-0.3, -0.25) is 4.79 Å². The molecule has 0 radical (unpaired) electrons. The zero-order chi connectivity index (χ0) is 14.9. The summed E-state index contributed by atoms with van der Waals surface area (Å²) in [6, 6.07) is 5.07. The van der Waals surface area contributed by atoms with E-state index < -0.39 is 17.4 Å². The number of hydrogen-bond acceptors (Lipinski definition) is 5. The van der Waals surface area contributed by atoms with E-state index in [1.165, 1.54) is 7.11 Å². The van der Waals surface area contributed by atoms with E-state index in [1.807, 2.05) is 0 Å². The molecule has 6 heteroatoms. The molecule has 20 heavy (non-hydrogen) atoms. The summed E-state index contributed by atoms with van der Waals surface area (Å²) in [6.07, 6.45) is 0. The molecular formula is C14H13NO5. The highest BCUT2D eigenvalue weighted by molar-refractivity contribution is 6.04. The Labute approximate surface area is 114 Å². The Kier molecular flexibility index (Phi) is 3.56. The molecule has 1 aromatic carbocycles. The van der Waals surface area contributed by atoms with Gasteiger partial charge in [-0.05, 0) is 18.6 Å². The molecule has 104 valence electrons. The first kappa shape index (κ1) is 13.8. The third-order valence-electron chi connectivity index (χ3n) is 3.02. The zero-order valence-electron chi connectivity index (χ0n) is 11.3. The number of aromatic amines is 1. The second-order valence-electron chi connectivity index (χ2n) is 4.18. The van der Waals surface area contributed by atoms with Crippen LogP contribution in [0.4, 0.5) is 0 Å². The number of hydrogen-bond donors (Lipinski definition) is 1. The van der Waals surface area contributed by atoms with Crippen molar-refractivity contribution in [1.82, 2.24) is 4.98 Å². The van der Waals surface area contributed by atoms with E-state index in [2.05, 4.69) is 14.5 Å². The van der Waals surface area contributed by atoms with Crippen LogP contribution in [0.5, 0.6) is 0 Å². The van der Waals surface area contributed by atoms with E-state index >= 15 is 0 Å². The lowest BCUT2D eigenvalue weighted by atomic mass is 10.1. The third kappa shape index (κ3) is 2.05. The molecule has 1 N–H and O–H groups in total. The largest absolute Gasteiger partial charge is 0.465 e. The Morgan fingerprint density at radius 3 is 2.35 bits per heavy atom. The van der Waals surface area contributed by atoms with Gasteiger partial charge in [0.2, 0.25) is 5.43 Å². The molecule has 0 aliphatic rings. The molecule has 0 saturated heterocycles. The molecule has 2 rings (SSSR count). The second-order valence-corrected chi connectivity index (χ2v) is 4.18. The minimum Gasteiger partial charge on any atom is -0.465 e. The maximum absolute atomic E-state index is 12.4. The molecule has 0 aliphatic carbocycles. The SMILES string of the molecule is COC(=O)c1[nH]c2c(C)cccc2c(=O)c1C(=O)OC. The van der Waals surface area contributed by atoms with Gasteiger partial charge >= 0.3 is 11.9 Å². The van der Waals surface area contributed by atoms with Crippen LogP contribution in [0.1, 0.15) is 26.4 Å². The first-order valence-corrected chi connectivity index (χ1v) is 5.83. The van der Waals surface area contributed by atoms with Gasteiger partial charge in [-0.25, -0.2) is 9.59 Å². The average Bonchev–Trinajstić information content (AvgIpc) is 2.46. The molecule has 0 fully saturated rings. The summed E-state index contributed by atoms with van der Waals surface area (Å²) in [7, 11) is 2.31. The fourth-order valence-electron chi connectivity index (χ4n) is 2.01. The number of methoxy groups -OCH3 is 2. The van der Waals surface area contributed by atoms with E-state index in [4.69, 9.17) is 0 Å². The summed E-state index contributed by atoms with van der Waals surface area (Å²) >= 11 is 0. The number of fused-ring (bicyclic) bond motifs is 1. The summed E-state index contributed by atoms with van der Waals surface area (Å²) in [4.78, 5) is 38.7. The third-order valence-corrected chi connectivity index (χ3v) is 3.02. The number of nitrogens with one attached hydrogen (secondary N) is 1. The van der Waals surface area contributed by atoms with Gasteiger partial charge in [0.1, 0.15) is 11.3 Å². The minimum atomic E-state index is -0.880. The number of aromatic nitrogens is 1. The summed E-state index contributed by atoms with van der Waals surface area (Å²) in [5.41, 5.74) is 0.157. The number of aryl methyl sites for hydroxylation is 1. The quantitative estimate of drug-likeness (QED) is 0.837. The molecule has 0 bridgehead atoms. The van der Waals surface area contributed by atoms with E-state index in [0.29, 0.717) is 10.9 Å². The van der Waals surface area contributed by atoms with Gasteiger partial charge in [0.25, 0.3) is 0 Å². The standard InChI is InChI=1S/C14H13NO5/c1-7-5-4-6-8-10(7)15-11(14(18)20-3)9(12(8)16)13(17)19-2/h4-6H,1-3H3,(H,15,16). The van der Waals surface area contributed by atoms with Gasteiger partial charge < -0.3 is 14.5 Å². The number of esters is 2. The van der Waals surface area contributed by atoms with Crippen molar-refractivity contribution in [3.63, 3.8) is 0 Å². The van der Waals surface area contributed by atoms with Crippen molar-refractivity contribution >= 4 is 22.8 Å². The van der Waals surface area contributed by atoms with Gasteiger partial charge in [0, 0.05) is 5.39 Å². The van der Waals surface area contributed by atoms with Crippen LogP contribution in [0.15, 0.2) is 23.0 Å². The molecule has 6 nitrogen and oxygen atoms in total. The number of carbonyl (C=O) groups is 2. The summed E-state index contributed by atoms with van der Waals surface area (Å²) in [5, 5.41) is 0.318. The van der Waals surface area contributed by atoms with Crippen molar-refractivity contribution in [2.45, 2.75) is 6.92 Å². The van der Waals surface area contributed by atoms with Crippen LogP contribution in [-0.4, -0.2) is 31.1 Å². The number of benzene rings is 1. The number of ether oxygens (including phenoxy) is 2. The van der Waals surface area contributed by atoms with Gasteiger partial charge in [-0.2, -0.15) is 0 Å². The van der Waals surface area contributed by atoms with Gasteiger partial charge in [-0.15, -0.1) is 0 Å². The maximum Gasteiger partial charge on any atom is 0.355 e. The predicted molar refractivity (Wildman–Crippen MR) is 72.0 cm³/mol. The molecular weight excluding hydrogens is 262 g/mol. The van der Waals surface area contributed by atoms with Crippen molar-refractivity contribution < 1.29 is 19.1 Å². The summed E-state index contributed by atoms with van der Waals surface area (Å²) < 4.78 is 9.16. The van der Waals surface area contributed by atoms with Crippen LogP contribution in [0, 0.1) is 6.92 Å². The van der Waals surface area contributed by atoms with E-state index in [0.717, 1.165) is 12.7 Å². The van der Waals surface area contributed by atoms with Gasteiger partial charge in [0.15, 0.2) is 0 Å². The normalized spacial score (nSPS) is 10.3. The molecule has 0 unspecified atom stereocenters. The average molecular weight is 275 g/mol. The Bertz CT molecular complexity index is 760. The van der Waals surface area contributed by atoms with E-state index in [-0.39, 0.29) is 11.3 Å². The second kappa shape index (κ2) is 5.16. The van der Waals surface area contributed by atoms with E-state index in [1.54, 1.807) is 25.1 Å². The highest BCUT2D eigenvalue weighted by Crippen LogP contribution is 2.16. The Hall–Kier alpha value is -2.63. The van der Waals surface area contributed by atoms with Gasteiger partial charge in [-0.1, -0.05) is 12.1 Å². The zero-order valence-corrected chi connectivity index (χ0v) is 11.3. The topological polar surface area (TPSA) is 85.5 Å². The maximum atomic E-state index is 12.4. The molecule has 1 aromatic heterocycles. The minimum absolute atomic E-state index is 0.203. The first-order valence-electron chi connectivity index (χ1n) is 5.83. The predicted octanol–water partition coefficient (Wildman–Crippen LogP) is 1.41. The monoisotopic (exact) mass is 275 g/mol. The van der Waals surface area contributed by atoms with Crippen LogP contribution in [0.2, 0.25) is 0 Å². The smallest absolute Gasteiger partial charge is 0.355 e. The van der Waals surface area contributed by atoms with Crippen LogP contribution in [0.3, 0.4) is 0 Å². The Morgan fingerprint density at radius 1 is 1.10 bits per heavy atom. The van der Waals surface area contributed by atoms with Crippen molar-refractivity contribution in [3.8, 4) is 0 Å². The van der Waals surface area contributed by atoms with Crippen LogP contribution in [-0.2, 0) is 9.47 Å². The first-order chi connectivity index (χ1) is 9.51. The fourth-order valence-corrected chi connectivity index (χ4v) is 2.01. The number of H-pyrrole nitrogens is 1. The number of pyridine rings is 1. The lowest BCUT2D eigenvalue weighted by Crippen LogP contribution is -2.24. The molecule has 0 aliphatic heterocycles. The number of rotatable bonds is 2. The number of para-hydroxylation sites is 1. The summed E-state index contributed by atoms with van der Waals surface area (Å²) in [6.45, 7) is 1.79. The van der Waals surface area contributed by atoms with Crippen molar-refractivity contribution in [2.75, 3.05) is 14.2 Å². The van der Waals surface area contributed by atoms with Gasteiger partial charge in [0.05, 0.1) is 19.7 Å². The van der Waals surface area contributed by atoms with Crippen molar-refractivity contribution in [1.29, 1.82) is 0 Å². The van der Waals surface area contributed by atoms with Crippen molar-refractivity contribution in [2.24, 2.45) is 0 Å². The van der Waals surface area contributed by atoms with E-state index in [9.17, 15) is 14.4 Å². The van der Waals surface area contributed by atoms with Crippen molar-refractivity contribution in [3.05, 3.63) is 45.2 Å². The lowest BCUT2D eigenvalue weighted by molar-refractivity contribution is 0.0549. The number of carbonyl (C=O) groups excluding carboxylic acids is 2. The molecule has 2 aromatic rings.